The number of aromatic nitrogens is 4. The Morgan fingerprint density at radius 1 is 1.00 bits per heavy atom. The topological polar surface area (TPSA) is 77.8 Å². The summed E-state index contributed by atoms with van der Waals surface area (Å²) in [5, 5.41) is 14.5. The van der Waals surface area contributed by atoms with E-state index in [0.29, 0.717) is 11.4 Å². The smallest absolute Gasteiger partial charge is 0.152 e. The van der Waals surface area contributed by atoms with Crippen molar-refractivity contribution in [2.24, 2.45) is 0 Å². The molecule has 0 saturated carbocycles. The molecule has 1 radical (unpaired) electrons. The Morgan fingerprint density at radius 3 is 2.44 bits per heavy atom. The van der Waals surface area contributed by atoms with Crippen molar-refractivity contribution in [3.05, 3.63) is 36.8 Å². The van der Waals surface area contributed by atoms with E-state index < -0.39 is 0 Å². The van der Waals surface area contributed by atoms with Gasteiger partial charge in [0.2, 0.25) is 0 Å². The molecule has 6 nitrogen and oxygen atoms in total. The predicted molar refractivity (Wildman–Crippen MR) is 51.9 cm³/mol. The fourth-order valence-electron chi connectivity index (χ4n) is 1.42. The number of nitrogens with zero attached hydrogens (tertiary/aromatic N) is 4. The van der Waals surface area contributed by atoms with Gasteiger partial charge >= 0.3 is 0 Å². The second-order valence-electron chi connectivity index (χ2n) is 3.04. The van der Waals surface area contributed by atoms with Gasteiger partial charge in [-0.3, -0.25) is 0 Å². The normalized spacial score (nSPS) is 10.5. The summed E-state index contributed by atoms with van der Waals surface area (Å²) in [6.07, 6.45) is 2.91. The molecule has 6 heteroatoms. The lowest BCUT2D eigenvalue weighted by atomic mass is 10.0. The van der Waals surface area contributed by atoms with Gasteiger partial charge in [0.05, 0.1) is 0 Å². The average Bonchev–Trinajstić information content (AvgIpc) is 3.03. The maximum absolute atomic E-state index is 4.71. The molecular formula is C10H5N4O2. The van der Waals surface area contributed by atoms with E-state index >= 15 is 0 Å². The molecule has 0 amide bonds. The molecule has 0 unspecified atom stereocenters. The third-order valence-corrected chi connectivity index (χ3v) is 2.11. The lowest BCUT2D eigenvalue weighted by Crippen LogP contribution is -1.85. The molecule has 3 rings (SSSR count). The summed E-state index contributed by atoms with van der Waals surface area (Å²) >= 11 is 0. The molecule has 77 valence electrons. The molecule has 1 aromatic carbocycles. The van der Waals surface area contributed by atoms with E-state index in [1.807, 2.05) is 12.1 Å². The SMILES string of the molecule is [c]1cccc(-c2conn2)c1-c1conn1. The Kier molecular flexibility index (Phi) is 1.96. The van der Waals surface area contributed by atoms with Crippen LogP contribution in [-0.4, -0.2) is 20.7 Å². The minimum atomic E-state index is 0.596. The quantitative estimate of drug-likeness (QED) is 0.643. The van der Waals surface area contributed by atoms with Gasteiger partial charge in [-0.2, -0.15) is 0 Å². The van der Waals surface area contributed by atoms with Gasteiger partial charge in [-0.1, -0.05) is 18.2 Å². The molecule has 0 aliphatic rings. The molecule has 16 heavy (non-hydrogen) atoms. The molecule has 3 aromatic rings. The second kappa shape index (κ2) is 3.58. The van der Waals surface area contributed by atoms with E-state index in [-0.39, 0.29) is 0 Å². The van der Waals surface area contributed by atoms with Gasteiger partial charge in [-0.05, 0) is 6.07 Å². The minimum absolute atomic E-state index is 0.596. The van der Waals surface area contributed by atoms with Gasteiger partial charge in [0.25, 0.3) is 0 Å². The van der Waals surface area contributed by atoms with E-state index in [0.717, 1.165) is 11.1 Å². The third kappa shape index (κ3) is 1.36. The zero-order valence-electron chi connectivity index (χ0n) is 7.99. The fourth-order valence-corrected chi connectivity index (χ4v) is 1.42. The molecule has 0 atom stereocenters. The van der Waals surface area contributed by atoms with Crippen molar-refractivity contribution < 1.29 is 9.05 Å². The first kappa shape index (κ1) is 8.78. The molecule has 0 spiro atoms. The van der Waals surface area contributed by atoms with Gasteiger partial charge in [0, 0.05) is 21.7 Å². The average molecular weight is 213 g/mol. The Bertz CT molecular complexity index is 521. The van der Waals surface area contributed by atoms with Crippen LogP contribution in [0.15, 0.2) is 39.8 Å². The van der Waals surface area contributed by atoms with Crippen LogP contribution in [0.4, 0.5) is 0 Å². The summed E-state index contributed by atoms with van der Waals surface area (Å²) in [4.78, 5) is 0. The summed E-state index contributed by atoms with van der Waals surface area (Å²) in [5.41, 5.74) is 2.78. The van der Waals surface area contributed by atoms with Crippen molar-refractivity contribution in [3.63, 3.8) is 0 Å². The Balaban J connectivity index is 2.19. The standard InChI is InChI=1S/C10H5N4O2/c1-2-4-8(10-6-16-14-12-10)7(3-1)9-5-15-13-11-9/h1-3,5-6H. The summed E-state index contributed by atoms with van der Waals surface area (Å²) in [6, 6.07) is 8.56. The van der Waals surface area contributed by atoms with Crippen LogP contribution in [0.3, 0.4) is 0 Å². The summed E-state index contributed by atoms with van der Waals surface area (Å²) in [7, 11) is 0. The third-order valence-electron chi connectivity index (χ3n) is 2.11. The van der Waals surface area contributed by atoms with Gasteiger partial charge < -0.3 is 9.05 Å². The van der Waals surface area contributed by atoms with Gasteiger partial charge in [-0.25, -0.2) is 0 Å². The summed E-state index contributed by atoms with van der Waals surface area (Å²) in [6.45, 7) is 0. The second-order valence-corrected chi connectivity index (χ2v) is 3.04. The van der Waals surface area contributed by atoms with Crippen LogP contribution in [0.25, 0.3) is 22.5 Å². The first-order valence-electron chi connectivity index (χ1n) is 4.51. The van der Waals surface area contributed by atoms with Crippen molar-refractivity contribution in [2.75, 3.05) is 0 Å². The molecule has 0 fully saturated rings. The lowest BCUT2D eigenvalue weighted by molar-refractivity contribution is 0.392. The zero-order valence-corrected chi connectivity index (χ0v) is 7.99. The zero-order chi connectivity index (χ0) is 10.8. The van der Waals surface area contributed by atoms with Crippen LogP contribution in [-0.2, 0) is 0 Å². The minimum Gasteiger partial charge on any atom is -0.345 e. The van der Waals surface area contributed by atoms with Gasteiger partial charge in [-0.15, -0.1) is 10.2 Å². The van der Waals surface area contributed by atoms with Crippen LogP contribution < -0.4 is 0 Å². The Morgan fingerprint density at radius 2 is 1.75 bits per heavy atom. The molecule has 2 aromatic heterocycles. The first-order valence-corrected chi connectivity index (χ1v) is 4.51. The molecule has 0 N–H and O–H groups in total. The maximum Gasteiger partial charge on any atom is 0.152 e. The summed E-state index contributed by atoms with van der Waals surface area (Å²) in [5.74, 6) is 0. The first-order chi connectivity index (χ1) is 7.95. The fraction of sp³-hybridized carbons (Fsp3) is 0. The van der Waals surface area contributed by atoms with Crippen molar-refractivity contribution in [2.45, 2.75) is 0 Å². The van der Waals surface area contributed by atoms with Crippen LogP contribution >= 0.6 is 0 Å². The van der Waals surface area contributed by atoms with Crippen LogP contribution in [0.5, 0.6) is 0 Å². The van der Waals surface area contributed by atoms with E-state index in [4.69, 9.17) is 9.05 Å². The largest absolute Gasteiger partial charge is 0.345 e. The molecule has 0 aliphatic carbocycles. The van der Waals surface area contributed by atoms with Crippen LogP contribution in [0.1, 0.15) is 0 Å². The van der Waals surface area contributed by atoms with Crippen molar-refractivity contribution in [1.29, 1.82) is 0 Å². The monoisotopic (exact) mass is 213 g/mol. The highest BCUT2D eigenvalue weighted by molar-refractivity contribution is 5.78. The summed E-state index contributed by atoms with van der Waals surface area (Å²) < 4.78 is 9.41. The van der Waals surface area contributed by atoms with Crippen molar-refractivity contribution >= 4 is 0 Å². The molecular weight excluding hydrogens is 208 g/mol. The molecule has 0 bridgehead atoms. The predicted octanol–water partition coefficient (Wildman–Crippen LogP) is 1.59. The van der Waals surface area contributed by atoms with E-state index in [1.165, 1.54) is 12.5 Å². The van der Waals surface area contributed by atoms with Crippen molar-refractivity contribution in [1.82, 2.24) is 20.7 Å². The van der Waals surface area contributed by atoms with Gasteiger partial charge in [0.1, 0.15) is 11.4 Å². The van der Waals surface area contributed by atoms with E-state index in [1.54, 1.807) is 6.07 Å². The number of hydrogen-bond donors (Lipinski definition) is 0. The Labute approximate surface area is 89.9 Å². The Hall–Kier alpha value is -2.50. The molecule has 0 saturated heterocycles. The molecule has 2 heterocycles. The highest BCUT2D eigenvalue weighted by Crippen LogP contribution is 2.28. The highest BCUT2D eigenvalue weighted by atomic mass is 16.5. The van der Waals surface area contributed by atoms with Gasteiger partial charge in [0.15, 0.2) is 12.5 Å². The number of rotatable bonds is 2. The molecule has 0 aliphatic heterocycles. The number of hydrogen-bond acceptors (Lipinski definition) is 6. The van der Waals surface area contributed by atoms with Crippen molar-refractivity contribution in [3.8, 4) is 22.5 Å². The lowest BCUT2D eigenvalue weighted by Gasteiger charge is -2.00. The van der Waals surface area contributed by atoms with Crippen LogP contribution in [0.2, 0.25) is 0 Å². The highest BCUT2D eigenvalue weighted by Gasteiger charge is 2.12. The maximum atomic E-state index is 4.71. The van der Waals surface area contributed by atoms with E-state index in [2.05, 4.69) is 26.8 Å². The van der Waals surface area contributed by atoms with Crippen LogP contribution in [0, 0.1) is 6.07 Å². The number of benzene rings is 1. The van der Waals surface area contributed by atoms with E-state index in [9.17, 15) is 0 Å².